The van der Waals surface area contributed by atoms with Gasteiger partial charge in [-0.2, -0.15) is 0 Å². The molecule has 168 valence electrons. The summed E-state index contributed by atoms with van der Waals surface area (Å²) in [6.07, 6.45) is 3.37. The number of rotatable bonds is 7. The average Bonchev–Trinajstić information content (AvgIpc) is 3.21. The molecular weight excluding hydrogens is 434 g/mol. The maximum absolute atomic E-state index is 12.6. The van der Waals surface area contributed by atoms with Gasteiger partial charge in [0.2, 0.25) is 5.91 Å². The number of furan rings is 1. The number of carbonyl (C=O) groups is 1. The fourth-order valence-electron chi connectivity index (χ4n) is 3.71. The van der Waals surface area contributed by atoms with Crippen LogP contribution in [-0.2, 0) is 11.3 Å². The van der Waals surface area contributed by atoms with Crippen molar-refractivity contribution in [2.45, 2.75) is 27.3 Å². The molecule has 4 aromatic rings. The Kier molecular flexibility index (Phi) is 6.85. The summed E-state index contributed by atoms with van der Waals surface area (Å²) < 4.78 is 11.7. The van der Waals surface area contributed by atoms with E-state index >= 15 is 0 Å². The quantitative estimate of drug-likeness (QED) is 0.298. The molecule has 0 bridgehead atoms. The van der Waals surface area contributed by atoms with E-state index in [4.69, 9.17) is 20.8 Å². The number of allylic oxidation sites excluding steroid dienone is 1. The van der Waals surface area contributed by atoms with E-state index in [0.29, 0.717) is 23.9 Å². The molecule has 0 spiro atoms. The minimum atomic E-state index is -0.170. The Morgan fingerprint density at radius 2 is 1.82 bits per heavy atom. The number of hydrogen-bond donors (Lipinski definition) is 1. The van der Waals surface area contributed by atoms with Gasteiger partial charge in [-0.1, -0.05) is 53.6 Å². The maximum Gasteiger partial charge on any atom is 0.244 e. The number of ether oxygens (including phenoxy) is 1. The van der Waals surface area contributed by atoms with Gasteiger partial charge in [-0.3, -0.25) is 4.79 Å². The lowest BCUT2D eigenvalue weighted by Gasteiger charge is -2.12. The Labute approximate surface area is 198 Å². The third-order valence-corrected chi connectivity index (χ3v) is 5.74. The van der Waals surface area contributed by atoms with Crippen molar-refractivity contribution >= 4 is 34.1 Å². The molecule has 0 saturated carbocycles. The molecule has 1 aromatic heterocycles. The van der Waals surface area contributed by atoms with Crippen LogP contribution < -0.4 is 10.1 Å². The minimum Gasteiger partial charge on any atom is -0.493 e. The predicted octanol–water partition coefficient (Wildman–Crippen LogP) is 7.18. The fourth-order valence-corrected chi connectivity index (χ4v) is 3.84. The summed E-state index contributed by atoms with van der Waals surface area (Å²) in [6.45, 7) is 6.86. The molecule has 4 nitrogen and oxygen atoms in total. The Hall–Kier alpha value is -3.50. The van der Waals surface area contributed by atoms with Crippen molar-refractivity contribution in [3.63, 3.8) is 0 Å². The molecule has 0 radical (unpaired) electrons. The van der Waals surface area contributed by atoms with E-state index < -0.39 is 0 Å². The summed E-state index contributed by atoms with van der Waals surface area (Å²) in [6, 6.07) is 19.7. The second kappa shape index (κ2) is 9.97. The van der Waals surface area contributed by atoms with Gasteiger partial charge in [0, 0.05) is 40.2 Å². The summed E-state index contributed by atoms with van der Waals surface area (Å²) >= 11 is 5.93. The summed E-state index contributed by atoms with van der Waals surface area (Å²) in [5.41, 5.74) is 6.69. The van der Waals surface area contributed by atoms with Gasteiger partial charge in [-0.05, 0) is 55.7 Å². The monoisotopic (exact) mass is 459 g/mol. The van der Waals surface area contributed by atoms with E-state index in [9.17, 15) is 4.79 Å². The van der Waals surface area contributed by atoms with Crippen LogP contribution in [0.1, 0.15) is 30.5 Å². The average molecular weight is 460 g/mol. The van der Waals surface area contributed by atoms with Crippen LogP contribution in [0.2, 0.25) is 5.02 Å². The molecule has 0 aliphatic rings. The van der Waals surface area contributed by atoms with E-state index in [0.717, 1.165) is 38.8 Å². The van der Waals surface area contributed by atoms with Crippen LogP contribution in [0.15, 0.2) is 77.4 Å². The zero-order valence-corrected chi connectivity index (χ0v) is 19.7. The third-order valence-electron chi connectivity index (χ3n) is 5.49. The molecule has 0 aliphatic heterocycles. The van der Waals surface area contributed by atoms with Crippen molar-refractivity contribution in [1.82, 2.24) is 5.32 Å². The van der Waals surface area contributed by atoms with Crippen LogP contribution in [0.3, 0.4) is 0 Å². The fraction of sp³-hybridized carbons (Fsp3) is 0.179. The third kappa shape index (κ3) is 5.29. The number of hydrogen-bond acceptors (Lipinski definition) is 3. The molecule has 0 unspecified atom stereocenters. The predicted molar refractivity (Wildman–Crippen MR) is 135 cm³/mol. The molecule has 0 aliphatic carbocycles. The van der Waals surface area contributed by atoms with Crippen LogP contribution >= 0.6 is 11.6 Å². The Bertz CT molecular complexity index is 1300. The highest BCUT2D eigenvalue weighted by atomic mass is 35.5. The molecule has 3 aromatic carbocycles. The smallest absolute Gasteiger partial charge is 0.244 e. The van der Waals surface area contributed by atoms with Crippen molar-refractivity contribution in [1.29, 1.82) is 0 Å². The van der Waals surface area contributed by atoms with Crippen molar-refractivity contribution in [3.05, 3.63) is 94.7 Å². The van der Waals surface area contributed by atoms with Gasteiger partial charge in [0.1, 0.15) is 11.3 Å². The molecule has 5 heteroatoms. The van der Waals surface area contributed by atoms with Crippen LogP contribution in [0.4, 0.5) is 0 Å². The number of nitrogens with one attached hydrogen (secondary N) is 1. The molecule has 0 fully saturated rings. The van der Waals surface area contributed by atoms with Crippen molar-refractivity contribution in [2.75, 3.05) is 6.61 Å². The minimum absolute atomic E-state index is 0.170. The van der Waals surface area contributed by atoms with Gasteiger partial charge in [-0.25, -0.2) is 0 Å². The molecule has 1 amide bonds. The molecule has 33 heavy (non-hydrogen) atoms. The standard InChI is InChI=1S/C28H26ClNO3/c1-4-32-26-15-27-24(25(17-33-27)21-9-5-18(2)6-10-21)14-23(26)19(3)13-28(31)30-16-20-7-11-22(29)12-8-20/h5-15,17H,4,16H2,1-3H3,(H,30,31)/b19-13+. The Balaban J connectivity index is 1.64. The SMILES string of the molecule is CCOc1cc2occ(-c3ccc(C)cc3)c2cc1/C(C)=C/C(=O)NCc1ccc(Cl)cc1. The van der Waals surface area contributed by atoms with Crippen molar-refractivity contribution < 1.29 is 13.9 Å². The van der Waals surface area contributed by atoms with Crippen LogP contribution in [-0.4, -0.2) is 12.5 Å². The molecule has 4 rings (SSSR count). The maximum atomic E-state index is 12.6. The zero-order chi connectivity index (χ0) is 23.4. The topological polar surface area (TPSA) is 51.5 Å². The van der Waals surface area contributed by atoms with E-state index in [1.54, 1.807) is 12.3 Å². The first kappa shape index (κ1) is 22.7. The van der Waals surface area contributed by atoms with E-state index in [1.807, 2.05) is 50.2 Å². The lowest BCUT2D eigenvalue weighted by atomic mass is 9.98. The van der Waals surface area contributed by atoms with Gasteiger partial charge in [0.15, 0.2) is 0 Å². The normalized spacial score (nSPS) is 11.6. The highest BCUT2D eigenvalue weighted by Gasteiger charge is 2.15. The second-order valence-electron chi connectivity index (χ2n) is 7.96. The number of aryl methyl sites for hydroxylation is 1. The van der Waals surface area contributed by atoms with Crippen LogP contribution in [0.5, 0.6) is 5.75 Å². The first-order chi connectivity index (χ1) is 15.9. The number of benzene rings is 3. The van der Waals surface area contributed by atoms with Gasteiger partial charge in [-0.15, -0.1) is 0 Å². The van der Waals surface area contributed by atoms with Gasteiger partial charge >= 0.3 is 0 Å². The summed E-state index contributed by atoms with van der Waals surface area (Å²) in [4.78, 5) is 12.6. The summed E-state index contributed by atoms with van der Waals surface area (Å²) in [5.74, 6) is 0.519. The largest absolute Gasteiger partial charge is 0.493 e. The van der Waals surface area contributed by atoms with Crippen molar-refractivity contribution in [2.24, 2.45) is 0 Å². The summed E-state index contributed by atoms with van der Waals surface area (Å²) in [7, 11) is 0. The Morgan fingerprint density at radius 3 is 2.52 bits per heavy atom. The summed E-state index contributed by atoms with van der Waals surface area (Å²) in [5, 5.41) is 4.58. The highest BCUT2D eigenvalue weighted by Crippen LogP contribution is 2.37. The first-order valence-corrected chi connectivity index (χ1v) is 11.3. The van der Waals surface area contributed by atoms with Gasteiger partial charge < -0.3 is 14.5 Å². The second-order valence-corrected chi connectivity index (χ2v) is 8.40. The van der Waals surface area contributed by atoms with Crippen molar-refractivity contribution in [3.8, 4) is 16.9 Å². The van der Waals surface area contributed by atoms with E-state index in [1.165, 1.54) is 5.56 Å². The van der Waals surface area contributed by atoms with Gasteiger partial charge in [0.05, 0.1) is 12.9 Å². The highest BCUT2D eigenvalue weighted by molar-refractivity contribution is 6.30. The lowest BCUT2D eigenvalue weighted by Crippen LogP contribution is -2.20. The number of amides is 1. The molecule has 0 saturated heterocycles. The number of fused-ring (bicyclic) bond motifs is 1. The van der Waals surface area contributed by atoms with Crippen LogP contribution in [0.25, 0.3) is 27.7 Å². The molecule has 1 N–H and O–H groups in total. The number of halogens is 1. The molecule has 0 atom stereocenters. The number of carbonyl (C=O) groups excluding carboxylic acids is 1. The van der Waals surface area contributed by atoms with E-state index in [-0.39, 0.29) is 5.91 Å². The molecule has 1 heterocycles. The van der Waals surface area contributed by atoms with E-state index in [2.05, 4.69) is 36.5 Å². The zero-order valence-electron chi connectivity index (χ0n) is 18.9. The first-order valence-electron chi connectivity index (χ1n) is 10.9. The van der Waals surface area contributed by atoms with Gasteiger partial charge in [0.25, 0.3) is 0 Å². The Morgan fingerprint density at radius 1 is 1.09 bits per heavy atom. The molecular formula is C28H26ClNO3. The van der Waals surface area contributed by atoms with Crippen LogP contribution in [0, 0.1) is 6.92 Å². The lowest BCUT2D eigenvalue weighted by molar-refractivity contribution is -0.116.